The molecule has 1 nitrogen and oxygen atoms in total. The van der Waals surface area contributed by atoms with Crippen LogP contribution in [0.2, 0.25) is 0 Å². The van der Waals surface area contributed by atoms with Crippen molar-refractivity contribution in [2.75, 3.05) is 0 Å². The second kappa shape index (κ2) is 11.7. The summed E-state index contributed by atoms with van der Waals surface area (Å²) in [5.74, 6) is 0. The molecular weight excluding hydrogens is 625 g/mol. The minimum absolute atomic E-state index is 0.914. The van der Waals surface area contributed by atoms with E-state index < -0.39 is 0 Å². The summed E-state index contributed by atoms with van der Waals surface area (Å²) in [5, 5.41) is 4.89. The molecule has 0 bridgehead atoms. The van der Waals surface area contributed by atoms with Gasteiger partial charge in [-0.1, -0.05) is 133 Å². The summed E-state index contributed by atoms with van der Waals surface area (Å²) >= 11 is 1.87. The van der Waals surface area contributed by atoms with Gasteiger partial charge in [0.15, 0.2) is 0 Å². The topological polar surface area (TPSA) is 13.1 Å². The monoisotopic (exact) mass is 654 g/mol. The van der Waals surface area contributed by atoms with Gasteiger partial charge in [-0.15, -0.1) is 11.3 Å². The zero-order chi connectivity index (χ0) is 33.0. The van der Waals surface area contributed by atoms with E-state index >= 15 is 0 Å². The highest BCUT2D eigenvalue weighted by Crippen LogP contribution is 2.45. The Balaban J connectivity index is 1.19. The molecule has 0 saturated carbocycles. The van der Waals surface area contributed by atoms with Crippen LogP contribution in [0.5, 0.6) is 0 Å². The Morgan fingerprint density at radius 1 is 0.300 bits per heavy atom. The first kappa shape index (κ1) is 28.8. The van der Waals surface area contributed by atoms with Crippen LogP contribution < -0.4 is 0 Å². The van der Waals surface area contributed by atoms with Gasteiger partial charge in [-0.05, 0) is 104 Å². The molecular formula is C48H30OS. The molecule has 0 saturated heterocycles. The third-order valence-electron chi connectivity index (χ3n) is 9.88. The fourth-order valence-corrected chi connectivity index (χ4v) is 8.64. The number of rotatable bonds is 5. The van der Waals surface area contributed by atoms with Crippen molar-refractivity contribution in [2.24, 2.45) is 0 Å². The van der Waals surface area contributed by atoms with Crippen LogP contribution in [0.3, 0.4) is 0 Å². The lowest BCUT2D eigenvalue weighted by atomic mass is 9.88. The van der Waals surface area contributed by atoms with E-state index in [-0.39, 0.29) is 0 Å². The lowest BCUT2D eigenvalue weighted by Crippen LogP contribution is -1.89. The Kier molecular flexibility index (Phi) is 6.75. The smallest absolute Gasteiger partial charge is 0.135 e. The minimum Gasteiger partial charge on any atom is -0.456 e. The quantitative estimate of drug-likeness (QED) is 0.180. The second-order valence-corrected chi connectivity index (χ2v) is 14.0. The minimum atomic E-state index is 0.914. The number of hydrogen-bond donors (Lipinski definition) is 0. The molecule has 2 heteroatoms. The molecule has 0 N–H and O–H groups in total. The van der Waals surface area contributed by atoms with Crippen LogP contribution in [0.4, 0.5) is 0 Å². The van der Waals surface area contributed by atoms with Crippen molar-refractivity contribution >= 4 is 53.4 Å². The van der Waals surface area contributed by atoms with Gasteiger partial charge in [-0.25, -0.2) is 0 Å². The van der Waals surface area contributed by atoms with E-state index in [1.54, 1.807) is 0 Å². The summed E-state index contributed by atoms with van der Waals surface area (Å²) in [4.78, 5) is 0. The molecule has 2 heterocycles. The maximum atomic E-state index is 6.22. The Bertz CT molecular complexity index is 2860. The molecule has 0 radical (unpaired) electrons. The summed E-state index contributed by atoms with van der Waals surface area (Å²) in [6.45, 7) is 0. The van der Waals surface area contributed by atoms with Crippen LogP contribution in [0.1, 0.15) is 0 Å². The van der Waals surface area contributed by atoms with Crippen molar-refractivity contribution in [3.8, 4) is 55.6 Å². The van der Waals surface area contributed by atoms with Crippen molar-refractivity contribution in [1.82, 2.24) is 0 Å². The largest absolute Gasteiger partial charge is 0.456 e. The van der Waals surface area contributed by atoms with Gasteiger partial charge in [-0.2, -0.15) is 0 Å². The predicted molar refractivity (Wildman–Crippen MR) is 214 cm³/mol. The van der Waals surface area contributed by atoms with Crippen molar-refractivity contribution < 1.29 is 4.42 Å². The lowest BCUT2D eigenvalue weighted by molar-refractivity contribution is 0.669. The average molecular weight is 655 g/mol. The number of benzene rings is 8. The highest BCUT2D eigenvalue weighted by molar-refractivity contribution is 7.26. The molecule has 10 aromatic rings. The van der Waals surface area contributed by atoms with Gasteiger partial charge in [0.2, 0.25) is 0 Å². The van der Waals surface area contributed by atoms with Gasteiger partial charge in [0, 0.05) is 30.9 Å². The van der Waals surface area contributed by atoms with Crippen molar-refractivity contribution in [3.63, 3.8) is 0 Å². The van der Waals surface area contributed by atoms with E-state index in [4.69, 9.17) is 4.42 Å². The first-order chi connectivity index (χ1) is 24.8. The molecule has 0 aliphatic rings. The van der Waals surface area contributed by atoms with Crippen LogP contribution in [0.25, 0.3) is 97.7 Å². The number of para-hydroxylation sites is 1. The van der Waals surface area contributed by atoms with Crippen molar-refractivity contribution in [3.05, 3.63) is 182 Å². The fourth-order valence-electron chi connectivity index (χ4n) is 7.47. The molecule has 2 aromatic heterocycles. The molecule has 234 valence electrons. The molecule has 0 aliphatic carbocycles. The zero-order valence-electron chi connectivity index (χ0n) is 27.1. The molecule has 0 aliphatic heterocycles. The Morgan fingerprint density at radius 2 is 0.920 bits per heavy atom. The summed E-state index contributed by atoms with van der Waals surface area (Å²) in [5.41, 5.74) is 14.0. The molecule has 0 spiro atoms. The molecule has 0 fully saturated rings. The number of fused-ring (bicyclic) bond motifs is 6. The maximum absolute atomic E-state index is 6.22. The summed E-state index contributed by atoms with van der Waals surface area (Å²) in [6, 6.07) is 65.8. The SMILES string of the molecule is c1ccc(-c2cccc(-c3ccc(-c4cc(-c5ccc6oc7ccccc7c6c5)c5c(c4)sc4ccccc45)cc3-c3ccccc3)c2)cc1. The van der Waals surface area contributed by atoms with Gasteiger partial charge in [0.25, 0.3) is 0 Å². The lowest BCUT2D eigenvalue weighted by Gasteiger charge is -2.15. The van der Waals surface area contributed by atoms with Crippen LogP contribution in [0.15, 0.2) is 186 Å². The Hall–Kier alpha value is -6.22. The Labute approximate surface area is 294 Å². The van der Waals surface area contributed by atoms with Gasteiger partial charge < -0.3 is 4.42 Å². The van der Waals surface area contributed by atoms with Crippen molar-refractivity contribution in [1.29, 1.82) is 0 Å². The van der Waals surface area contributed by atoms with Crippen LogP contribution >= 0.6 is 11.3 Å². The maximum Gasteiger partial charge on any atom is 0.135 e. The van der Waals surface area contributed by atoms with E-state index in [1.807, 2.05) is 23.5 Å². The average Bonchev–Trinajstić information content (AvgIpc) is 3.76. The second-order valence-electron chi connectivity index (χ2n) is 12.9. The summed E-state index contributed by atoms with van der Waals surface area (Å²) < 4.78 is 8.81. The predicted octanol–water partition coefficient (Wildman–Crippen LogP) is 14.3. The molecule has 10 rings (SSSR count). The molecule has 8 aromatic carbocycles. The molecule has 0 unspecified atom stereocenters. The fraction of sp³-hybridized carbons (Fsp3) is 0. The van der Waals surface area contributed by atoms with E-state index in [0.717, 1.165) is 21.9 Å². The van der Waals surface area contributed by atoms with E-state index in [2.05, 4.69) is 170 Å². The first-order valence-corrected chi connectivity index (χ1v) is 17.8. The third kappa shape index (κ3) is 4.84. The normalized spacial score (nSPS) is 11.6. The molecule has 0 amide bonds. The summed E-state index contributed by atoms with van der Waals surface area (Å²) in [7, 11) is 0. The zero-order valence-corrected chi connectivity index (χ0v) is 28.0. The van der Waals surface area contributed by atoms with E-state index in [9.17, 15) is 0 Å². The molecule has 0 atom stereocenters. The third-order valence-corrected chi connectivity index (χ3v) is 11.0. The standard InChI is InChI=1S/C48H30OS/c1-3-12-31(13-4-1)33-16-11-17-35(26-33)38-24-22-34(27-41(38)32-14-5-2-6-15-32)37-29-42(48-40-19-8-10-21-46(40)50-47(48)30-37)36-23-25-45-43(28-36)39-18-7-9-20-44(39)49-45/h1-30H. The van der Waals surface area contributed by atoms with Crippen LogP contribution in [-0.4, -0.2) is 0 Å². The van der Waals surface area contributed by atoms with Gasteiger partial charge in [-0.3, -0.25) is 0 Å². The number of thiophene rings is 1. The highest BCUT2D eigenvalue weighted by atomic mass is 32.1. The van der Waals surface area contributed by atoms with Crippen LogP contribution in [-0.2, 0) is 0 Å². The molecule has 50 heavy (non-hydrogen) atoms. The van der Waals surface area contributed by atoms with E-state index in [0.29, 0.717) is 0 Å². The number of hydrogen-bond acceptors (Lipinski definition) is 2. The number of furan rings is 1. The Morgan fingerprint density at radius 3 is 1.78 bits per heavy atom. The van der Waals surface area contributed by atoms with Gasteiger partial charge in [0.1, 0.15) is 11.2 Å². The summed E-state index contributed by atoms with van der Waals surface area (Å²) in [6.07, 6.45) is 0. The first-order valence-electron chi connectivity index (χ1n) is 17.0. The van der Waals surface area contributed by atoms with Crippen molar-refractivity contribution in [2.45, 2.75) is 0 Å². The van der Waals surface area contributed by atoms with Gasteiger partial charge >= 0.3 is 0 Å². The highest BCUT2D eigenvalue weighted by Gasteiger charge is 2.17. The van der Waals surface area contributed by atoms with Gasteiger partial charge in [0.05, 0.1) is 0 Å². The van der Waals surface area contributed by atoms with Crippen LogP contribution in [0, 0.1) is 0 Å². The van der Waals surface area contributed by atoms with E-state index in [1.165, 1.54) is 75.8 Å².